The quantitative estimate of drug-likeness (QED) is 0.573. The van der Waals surface area contributed by atoms with Crippen LogP contribution in [0.1, 0.15) is 19.8 Å². The Morgan fingerprint density at radius 3 is 2.71 bits per heavy atom. The number of hydrogen-bond donors (Lipinski definition) is 0. The van der Waals surface area contributed by atoms with Crippen molar-refractivity contribution in [2.45, 2.75) is 25.8 Å². The Labute approximate surface area is 83.9 Å². The highest BCUT2D eigenvalue weighted by Crippen LogP contribution is 2.27. The molecule has 2 fully saturated rings. The van der Waals surface area contributed by atoms with Crippen molar-refractivity contribution in [2.75, 3.05) is 20.1 Å². The molecule has 78 valence electrons. The molecule has 2 unspecified atom stereocenters. The van der Waals surface area contributed by atoms with Crippen molar-refractivity contribution in [3.63, 3.8) is 0 Å². The molecule has 2 aliphatic heterocycles. The molecule has 2 amide bonds. The van der Waals surface area contributed by atoms with Gasteiger partial charge in [0, 0.05) is 38.5 Å². The first-order chi connectivity index (χ1) is 6.61. The van der Waals surface area contributed by atoms with Crippen molar-refractivity contribution in [1.29, 1.82) is 0 Å². The van der Waals surface area contributed by atoms with Gasteiger partial charge in [0.15, 0.2) is 0 Å². The molecule has 4 nitrogen and oxygen atoms in total. The van der Waals surface area contributed by atoms with Crippen molar-refractivity contribution in [3.8, 4) is 0 Å². The second-order valence-electron chi connectivity index (χ2n) is 4.26. The van der Waals surface area contributed by atoms with E-state index in [2.05, 4.69) is 0 Å². The van der Waals surface area contributed by atoms with Crippen molar-refractivity contribution in [1.82, 2.24) is 9.80 Å². The molecule has 4 heteroatoms. The molecule has 0 bridgehead atoms. The van der Waals surface area contributed by atoms with E-state index in [9.17, 15) is 9.59 Å². The van der Waals surface area contributed by atoms with Crippen molar-refractivity contribution >= 4 is 11.8 Å². The van der Waals surface area contributed by atoms with Crippen LogP contribution < -0.4 is 0 Å². The summed E-state index contributed by atoms with van der Waals surface area (Å²) in [5.41, 5.74) is 0. The maximum atomic E-state index is 11.8. The fraction of sp³-hybridized carbons (Fsp3) is 0.800. The lowest BCUT2D eigenvalue weighted by Crippen LogP contribution is -2.59. The third kappa shape index (κ3) is 1.29. The fourth-order valence-corrected chi connectivity index (χ4v) is 2.39. The van der Waals surface area contributed by atoms with Gasteiger partial charge in [-0.1, -0.05) is 6.92 Å². The summed E-state index contributed by atoms with van der Waals surface area (Å²) >= 11 is 0. The van der Waals surface area contributed by atoms with Gasteiger partial charge in [0.1, 0.15) is 5.78 Å². The zero-order chi connectivity index (χ0) is 10.3. The van der Waals surface area contributed by atoms with Crippen LogP contribution in [0.3, 0.4) is 0 Å². The summed E-state index contributed by atoms with van der Waals surface area (Å²) in [6, 6.07) is 0.237. The molecular formula is C10H16N2O2. The van der Waals surface area contributed by atoms with Crippen LogP contribution in [-0.2, 0) is 4.79 Å². The molecule has 2 saturated heterocycles. The van der Waals surface area contributed by atoms with E-state index in [0.29, 0.717) is 18.7 Å². The Morgan fingerprint density at radius 1 is 1.29 bits per heavy atom. The first-order valence-electron chi connectivity index (χ1n) is 5.15. The Kier molecular flexibility index (Phi) is 2.21. The molecule has 14 heavy (non-hydrogen) atoms. The number of urea groups is 1. The van der Waals surface area contributed by atoms with Crippen LogP contribution in [0.15, 0.2) is 0 Å². The summed E-state index contributed by atoms with van der Waals surface area (Å²) in [6.45, 7) is 3.33. The van der Waals surface area contributed by atoms with E-state index >= 15 is 0 Å². The predicted octanol–water partition coefficient (Wildman–Crippen LogP) is 0.721. The Hall–Kier alpha value is -1.06. The van der Waals surface area contributed by atoms with Gasteiger partial charge in [-0.2, -0.15) is 0 Å². The Morgan fingerprint density at radius 2 is 2.00 bits per heavy atom. The monoisotopic (exact) mass is 196 g/mol. The molecule has 0 N–H and O–H groups in total. The number of ketones is 1. The van der Waals surface area contributed by atoms with E-state index in [-0.39, 0.29) is 18.0 Å². The van der Waals surface area contributed by atoms with E-state index in [1.807, 2.05) is 18.9 Å². The largest absolute Gasteiger partial charge is 0.328 e. The minimum atomic E-state index is 0.0291. The van der Waals surface area contributed by atoms with Crippen LogP contribution in [0.4, 0.5) is 4.79 Å². The van der Waals surface area contributed by atoms with Crippen LogP contribution in [0.5, 0.6) is 0 Å². The minimum absolute atomic E-state index is 0.0291. The number of Topliss-reactive ketones (excluding diaryl/α,β-unsaturated/α-hetero) is 1. The molecule has 0 aromatic heterocycles. The van der Waals surface area contributed by atoms with E-state index < -0.39 is 0 Å². The minimum Gasteiger partial charge on any atom is -0.328 e. The molecule has 2 rings (SSSR count). The summed E-state index contributed by atoms with van der Waals surface area (Å²) in [7, 11) is 1.82. The smallest absolute Gasteiger partial charge is 0.320 e. The first-order valence-corrected chi connectivity index (χ1v) is 5.15. The number of piperidine rings is 1. The number of rotatable bonds is 0. The van der Waals surface area contributed by atoms with Gasteiger partial charge in [-0.25, -0.2) is 4.79 Å². The fourth-order valence-electron chi connectivity index (χ4n) is 2.39. The highest BCUT2D eigenvalue weighted by atomic mass is 16.2. The maximum Gasteiger partial charge on any atom is 0.320 e. The highest BCUT2D eigenvalue weighted by Gasteiger charge is 2.40. The van der Waals surface area contributed by atoms with Gasteiger partial charge in [0.25, 0.3) is 0 Å². The van der Waals surface area contributed by atoms with Crippen LogP contribution in [0.25, 0.3) is 0 Å². The van der Waals surface area contributed by atoms with Crippen molar-refractivity contribution in [3.05, 3.63) is 0 Å². The molecule has 0 aromatic carbocycles. The number of amides is 2. The summed E-state index contributed by atoms with van der Waals surface area (Å²) < 4.78 is 0. The lowest BCUT2D eigenvalue weighted by Gasteiger charge is -2.45. The second-order valence-corrected chi connectivity index (χ2v) is 4.26. The molecule has 0 spiro atoms. The second kappa shape index (κ2) is 3.26. The van der Waals surface area contributed by atoms with Crippen LogP contribution in [-0.4, -0.2) is 47.8 Å². The average molecular weight is 196 g/mol. The maximum absolute atomic E-state index is 11.8. The normalized spacial score (nSPS) is 33.3. The van der Waals surface area contributed by atoms with Gasteiger partial charge >= 0.3 is 6.03 Å². The van der Waals surface area contributed by atoms with E-state index in [1.165, 1.54) is 0 Å². The molecule has 2 atom stereocenters. The molecule has 2 aliphatic rings. The Balaban J connectivity index is 2.18. The third-order valence-corrected chi connectivity index (χ3v) is 3.42. The Bertz CT molecular complexity index is 277. The SMILES string of the molecule is CC1C(=O)CCN2C(=O)N(C)CCC12. The van der Waals surface area contributed by atoms with Crippen LogP contribution >= 0.6 is 0 Å². The van der Waals surface area contributed by atoms with Gasteiger partial charge in [-0.05, 0) is 6.42 Å². The van der Waals surface area contributed by atoms with E-state index in [0.717, 1.165) is 13.0 Å². The molecule has 2 heterocycles. The predicted molar refractivity (Wildman–Crippen MR) is 51.9 cm³/mol. The summed E-state index contributed by atoms with van der Waals surface area (Å²) in [6.07, 6.45) is 1.45. The average Bonchev–Trinajstić information content (AvgIpc) is 2.17. The summed E-state index contributed by atoms with van der Waals surface area (Å²) in [4.78, 5) is 26.8. The van der Waals surface area contributed by atoms with Gasteiger partial charge in [-0.3, -0.25) is 4.79 Å². The number of nitrogens with zero attached hydrogens (tertiary/aromatic N) is 2. The zero-order valence-corrected chi connectivity index (χ0v) is 8.69. The van der Waals surface area contributed by atoms with Gasteiger partial charge in [0.2, 0.25) is 0 Å². The number of hydrogen-bond acceptors (Lipinski definition) is 2. The molecule has 0 saturated carbocycles. The zero-order valence-electron chi connectivity index (χ0n) is 8.69. The van der Waals surface area contributed by atoms with Crippen LogP contribution in [0, 0.1) is 5.92 Å². The summed E-state index contributed by atoms with van der Waals surface area (Å²) in [5.74, 6) is 0.338. The van der Waals surface area contributed by atoms with E-state index in [4.69, 9.17) is 0 Å². The first kappa shape index (κ1) is 9.49. The topological polar surface area (TPSA) is 40.6 Å². The number of fused-ring (bicyclic) bond motifs is 1. The molecular weight excluding hydrogens is 180 g/mol. The molecule has 0 aromatic rings. The van der Waals surface area contributed by atoms with Gasteiger partial charge < -0.3 is 9.80 Å². The molecule has 0 radical (unpaired) electrons. The third-order valence-electron chi connectivity index (χ3n) is 3.42. The standard InChI is InChI=1S/C10H16N2O2/c1-7-8-3-5-11(2)10(14)12(8)6-4-9(7)13/h7-8H,3-6H2,1-2H3. The van der Waals surface area contributed by atoms with Crippen molar-refractivity contribution in [2.24, 2.45) is 5.92 Å². The lowest BCUT2D eigenvalue weighted by atomic mass is 9.86. The number of carbonyl (C=O) groups is 2. The van der Waals surface area contributed by atoms with Crippen LogP contribution in [0.2, 0.25) is 0 Å². The van der Waals surface area contributed by atoms with Crippen molar-refractivity contribution < 1.29 is 9.59 Å². The number of carbonyl (C=O) groups excluding carboxylic acids is 2. The highest BCUT2D eigenvalue weighted by molar-refractivity contribution is 5.85. The van der Waals surface area contributed by atoms with Gasteiger partial charge in [0.05, 0.1) is 0 Å². The lowest BCUT2D eigenvalue weighted by molar-refractivity contribution is -0.128. The van der Waals surface area contributed by atoms with Gasteiger partial charge in [-0.15, -0.1) is 0 Å². The summed E-state index contributed by atoms with van der Waals surface area (Å²) in [5, 5.41) is 0. The van der Waals surface area contributed by atoms with E-state index in [1.54, 1.807) is 4.90 Å². The molecule has 0 aliphatic carbocycles.